The van der Waals surface area contributed by atoms with Crippen molar-refractivity contribution in [3.05, 3.63) is 66.4 Å². The van der Waals surface area contributed by atoms with Crippen molar-refractivity contribution >= 4 is 32.5 Å². The number of rotatable bonds is 4. The van der Waals surface area contributed by atoms with E-state index in [0.717, 1.165) is 0 Å². The molecule has 7 heteroatoms. The molecular formula is C17H15N3O3S. The number of para-hydroxylation sites is 1. The molecule has 0 radical (unpaired) electrons. The monoisotopic (exact) mass is 341 g/mol. The van der Waals surface area contributed by atoms with E-state index < -0.39 is 10.0 Å². The van der Waals surface area contributed by atoms with Crippen LogP contribution in [-0.2, 0) is 10.0 Å². The van der Waals surface area contributed by atoms with Crippen molar-refractivity contribution in [2.75, 3.05) is 11.8 Å². The van der Waals surface area contributed by atoms with Crippen LogP contribution in [0.4, 0.5) is 5.69 Å². The maximum atomic E-state index is 12.6. The second-order valence-electron chi connectivity index (χ2n) is 5.07. The topological polar surface area (TPSA) is 88.2 Å². The van der Waals surface area contributed by atoms with Crippen LogP contribution in [0.2, 0.25) is 0 Å². The summed E-state index contributed by atoms with van der Waals surface area (Å²) in [6, 6.07) is 16.5. The Bertz CT molecular complexity index is 1000. The fraction of sp³-hybridized carbons (Fsp3) is 0.0588. The van der Waals surface area contributed by atoms with Gasteiger partial charge < -0.3 is 5.32 Å². The Labute approximate surface area is 139 Å². The number of carbonyl (C=O) groups excluding carboxylic acids is 1. The lowest BCUT2D eigenvalue weighted by molar-refractivity contribution is 0.0958. The molecule has 3 rings (SSSR count). The first kappa shape index (κ1) is 15.9. The molecule has 122 valence electrons. The largest absolute Gasteiger partial charge is 0.354 e. The van der Waals surface area contributed by atoms with E-state index in [9.17, 15) is 13.2 Å². The Morgan fingerprint density at radius 3 is 2.38 bits per heavy atom. The molecule has 3 aromatic rings. The van der Waals surface area contributed by atoms with Gasteiger partial charge in [0.05, 0.1) is 16.1 Å². The van der Waals surface area contributed by atoms with Crippen molar-refractivity contribution in [3.63, 3.8) is 0 Å². The van der Waals surface area contributed by atoms with E-state index in [-0.39, 0.29) is 16.5 Å². The number of pyridine rings is 1. The smallest absolute Gasteiger partial charge is 0.269 e. The van der Waals surface area contributed by atoms with Crippen molar-refractivity contribution in [2.45, 2.75) is 4.90 Å². The summed E-state index contributed by atoms with van der Waals surface area (Å²) in [7, 11) is -2.27. The van der Waals surface area contributed by atoms with Gasteiger partial charge in [0.2, 0.25) is 0 Å². The van der Waals surface area contributed by atoms with Gasteiger partial charge in [-0.25, -0.2) is 13.4 Å². The Hall–Kier alpha value is -2.93. The average molecular weight is 341 g/mol. The van der Waals surface area contributed by atoms with Crippen LogP contribution in [0.3, 0.4) is 0 Å². The van der Waals surface area contributed by atoms with E-state index in [2.05, 4.69) is 15.0 Å². The zero-order valence-corrected chi connectivity index (χ0v) is 13.7. The Balaban J connectivity index is 2.13. The molecular weight excluding hydrogens is 326 g/mol. The number of nitrogens with zero attached hydrogens (tertiary/aromatic N) is 1. The van der Waals surface area contributed by atoms with Crippen molar-refractivity contribution < 1.29 is 13.2 Å². The summed E-state index contributed by atoms with van der Waals surface area (Å²) in [6.45, 7) is 0. The molecule has 2 N–H and O–H groups in total. The first-order valence-electron chi connectivity index (χ1n) is 7.21. The number of benzene rings is 2. The normalized spacial score (nSPS) is 11.2. The Morgan fingerprint density at radius 2 is 1.67 bits per heavy atom. The molecule has 0 bridgehead atoms. The lowest BCUT2D eigenvalue weighted by atomic mass is 10.1. The van der Waals surface area contributed by atoms with Gasteiger partial charge >= 0.3 is 0 Å². The van der Waals surface area contributed by atoms with E-state index in [1.54, 1.807) is 42.5 Å². The predicted molar refractivity (Wildman–Crippen MR) is 92.4 cm³/mol. The van der Waals surface area contributed by atoms with E-state index >= 15 is 0 Å². The van der Waals surface area contributed by atoms with Crippen LogP contribution in [0.1, 0.15) is 10.5 Å². The number of sulfonamides is 1. The van der Waals surface area contributed by atoms with Gasteiger partial charge in [-0.05, 0) is 24.3 Å². The highest BCUT2D eigenvalue weighted by Crippen LogP contribution is 2.25. The number of hydrogen-bond donors (Lipinski definition) is 2. The molecule has 0 aliphatic heterocycles. The molecule has 0 unspecified atom stereocenters. The molecule has 0 saturated heterocycles. The van der Waals surface area contributed by atoms with E-state index in [0.29, 0.717) is 16.6 Å². The molecule has 0 saturated carbocycles. The molecule has 0 aliphatic carbocycles. The standard InChI is InChI=1S/C17H15N3O3S/c1-18-17(21)16-11-15(13-9-5-6-10-14(13)19-16)20-24(22,23)12-7-3-2-4-8-12/h2-11H,1H3,(H,18,21)(H,19,20). The lowest BCUT2D eigenvalue weighted by Crippen LogP contribution is -2.20. The molecule has 24 heavy (non-hydrogen) atoms. The summed E-state index contributed by atoms with van der Waals surface area (Å²) in [4.78, 5) is 16.3. The minimum atomic E-state index is -3.76. The second kappa shape index (κ2) is 6.29. The zero-order chi connectivity index (χ0) is 17.2. The summed E-state index contributed by atoms with van der Waals surface area (Å²) in [5.41, 5.74) is 0.981. The summed E-state index contributed by atoms with van der Waals surface area (Å²) in [5, 5.41) is 3.10. The molecule has 1 heterocycles. The maximum Gasteiger partial charge on any atom is 0.269 e. The van der Waals surface area contributed by atoms with Crippen LogP contribution in [-0.4, -0.2) is 26.4 Å². The van der Waals surface area contributed by atoms with Crippen molar-refractivity contribution in [3.8, 4) is 0 Å². The lowest BCUT2D eigenvalue weighted by Gasteiger charge is -2.12. The first-order valence-corrected chi connectivity index (χ1v) is 8.69. The molecule has 0 aliphatic rings. The highest BCUT2D eigenvalue weighted by Gasteiger charge is 2.17. The van der Waals surface area contributed by atoms with Crippen LogP contribution in [0, 0.1) is 0 Å². The molecule has 1 aromatic heterocycles. The van der Waals surface area contributed by atoms with Crippen LogP contribution in [0.15, 0.2) is 65.6 Å². The zero-order valence-electron chi connectivity index (χ0n) is 12.9. The third-order valence-corrected chi connectivity index (χ3v) is 4.86. The third kappa shape index (κ3) is 3.07. The minimum absolute atomic E-state index is 0.141. The number of amides is 1. The van der Waals surface area contributed by atoms with E-state index in [4.69, 9.17) is 0 Å². The van der Waals surface area contributed by atoms with Crippen molar-refractivity contribution in [2.24, 2.45) is 0 Å². The van der Waals surface area contributed by atoms with Crippen LogP contribution >= 0.6 is 0 Å². The minimum Gasteiger partial charge on any atom is -0.354 e. The van der Waals surface area contributed by atoms with Gasteiger partial charge in [0.1, 0.15) is 5.69 Å². The summed E-state index contributed by atoms with van der Waals surface area (Å²) in [5.74, 6) is -0.388. The van der Waals surface area contributed by atoms with Gasteiger partial charge in [0.25, 0.3) is 15.9 Å². The number of aromatic nitrogens is 1. The van der Waals surface area contributed by atoms with E-state index in [1.165, 1.54) is 25.2 Å². The number of fused-ring (bicyclic) bond motifs is 1. The van der Waals surface area contributed by atoms with Gasteiger partial charge in [0.15, 0.2) is 0 Å². The molecule has 1 amide bonds. The fourth-order valence-electron chi connectivity index (χ4n) is 2.31. The molecule has 0 fully saturated rings. The Kier molecular flexibility index (Phi) is 4.18. The van der Waals surface area contributed by atoms with Crippen LogP contribution in [0.5, 0.6) is 0 Å². The summed E-state index contributed by atoms with van der Waals surface area (Å²) >= 11 is 0. The van der Waals surface area contributed by atoms with Crippen LogP contribution in [0.25, 0.3) is 10.9 Å². The highest BCUT2D eigenvalue weighted by molar-refractivity contribution is 7.92. The first-order chi connectivity index (χ1) is 11.5. The molecule has 0 spiro atoms. The summed E-state index contributed by atoms with van der Waals surface area (Å²) < 4.78 is 27.7. The fourth-order valence-corrected chi connectivity index (χ4v) is 3.40. The maximum absolute atomic E-state index is 12.6. The third-order valence-electron chi connectivity index (χ3n) is 3.47. The quantitative estimate of drug-likeness (QED) is 0.763. The van der Waals surface area contributed by atoms with Crippen molar-refractivity contribution in [1.82, 2.24) is 10.3 Å². The molecule has 0 atom stereocenters. The van der Waals surface area contributed by atoms with Gasteiger partial charge in [-0.15, -0.1) is 0 Å². The van der Waals surface area contributed by atoms with Crippen LogP contribution < -0.4 is 10.0 Å². The van der Waals surface area contributed by atoms with Gasteiger partial charge in [-0.3, -0.25) is 9.52 Å². The number of nitrogens with one attached hydrogen (secondary N) is 2. The Morgan fingerprint density at radius 1 is 1.00 bits per heavy atom. The summed E-state index contributed by atoms with van der Waals surface area (Å²) in [6.07, 6.45) is 0. The molecule has 2 aromatic carbocycles. The number of anilines is 1. The van der Waals surface area contributed by atoms with E-state index in [1.807, 2.05) is 0 Å². The van der Waals surface area contributed by atoms with Gasteiger partial charge in [0, 0.05) is 12.4 Å². The SMILES string of the molecule is CNC(=O)c1cc(NS(=O)(=O)c2ccccc2)c2ccccc2n1. The second-order valence-corrected chi connectivity index (χ2v) is 6.75. The highest BCUT2D eigenvalue weighted by atomic mass is 32.2. The molecule has 6 nitrogen and oxygen atoms in total. The predicted octanol–water partition coefficient (Wildman–Crippen LogP) is 2.40. The van der Waals surface area contributed by atoms with Crippen molar-refractivity contribution in [1.29, 1.82) is 0 Å². The number of hydrogen-bond acceptors (Lipinski definition) is 4. The van der Waals surface area contributed by atoms with Gasteiger partial charge in [-0.2, -0.15) is 0 Å². The average Bonchev–Trinajstić information content (AvgIpc) is 2.61. The number of carbonyl (C=O) groups is 1. The van der Waals surface area contributed by atoms with Gasteiger partial charge in [-0.1, -0.05) is 36.4 Å².